The minimum absolute atomic E-state index is 0.294. The first kappa shape index (κ1) is 23.5. The molecule has 0 spiro atoms. The molecule has 1 aromatic carbocycles. The van der Waals surface area contributed by atoms with Crippen LogP contribution < -0.4 is 0 Å². The lowest BCUT2D eigenvalue weighted by Gasteiger charge is -2.43. The van der Waals surface area contributed by atoms with Gasteiger partial charge < -0.3 is 18.9 Å². The summed E-state index contributed by atoms with van der Waals surface area (Å²) in [6, 6.07) is 4.32. The minimum Gasteiger partial charge on any atom is -0.463 e. The number of thioether (sulfide) groups is 1. The van der Waals surface area contributed by atoms with Crippen LogP contribution in [-0.4, -0.2) is 54.3 Å². The molecule has 2 rings (SSSR count). The van der Waals surface area contributed by atoms with Crippen molar-refractivity contribution in [1.82, 2.24) is 0 Å². The Morgan fingerprint density at radius 1 is 1.10 bits per heavy atom. The van der Waals surface area contributed by atoms with E-state index in [4.69, 9.17) is 24.5 Å². The van der Waals surface area contributed by atoms with Crippen LogP contribution in [0.5, 0.6) is 0 Å². The molecule has 1 heterocycles. The monoisotopic (exact) mass is 441 g/mol. The van der Waals surface area contributed by atoms with E-state index in [0.29, 0.717) is 4.90 Å². The summed E-state index contributed by atoms with van der Waals surface area (Å²) in [5, 5.41) is 3.67. The van der Waals surface area contributed by atoms with Crippen molar-refractivity contribution in [1.29, 1.82) is 0 Å². The number of esters is 3. The molecule has 1 aliphatic heterocycles. The first-order chi connectivity index (χ1) is 14.2. The number of hydrogen-bond acceptors (Lipinski definition) is 9. The highest BCUT2D eigenvalue weighted by atomic mass is 32.2. The van der Waals surface area contributed by atoms with E-state index >= 15 is 0 Å². The van der Waals surface area contributed by atoms with Crippen LogP contribution in [0.25, 0.3) is 10.4 Å². The number of carbonyl (C=O) groups excluding carboxylic acids is 3. The molecule has 0 radical (unpaired) electrons. The molecule has 162 valence electrons. The average Bonchev–Trinajstić information content (AvgIpc) is 2.66. The van der Waals surface area contributed by atoms with Crippen LogP contribution in [0, 0.1) is 5.82 Å². The van der Waals surface area contributed by atoms with Crippen LogP contribution in [-0.2, 0) is 33.3 Å². The van der Waals surface area contributed by atoms with Gasteiger partial charge in [0.05, 0.1) is 0 Å². The summed E-state index contributed by atoms with van der Waals surface area (Å²) >= 11 is 1.08. The summed E-state index contributed by atoms with van der Waals surface area (Å²) in [6.07, 6.45) is -3.31. The summed E-state index contributed by atoms with van der Waals surface area (Å²) in [4.78, 5) is 37.9. The summed E-state index contributed by atoms with van der Waals surface area (Å²) in [6.45, 7) is 3.22. The zero-order valence-corrected chi connectivity index (χ0v) is 17.2. The second-order valence-electron chi connectivity index (χ2n) is 6.26. The molecule has 0 amide bonds. The maximum Gasteiger partial charge on any atom is 0.303 e. The molecule has 0 aromatic heterocycles. The third-order valence-electron chi connectivity index (χ3n) is 3.92. The van der Waals surface area contributed by atoms with Gasteiger partial charge in [-0.05, 0) is 29.8 Å². The highest BCUT2D eigenvalue weighted by Gasteiger charge is 2.50. The Hall–Kier alpha value is -2.82. The maximum atomic E-state index is 13.2. The minimum atomic E-state index is -1.17. The van der Waals surface area contributed by atoms with Gasteiger partial charge in [-0.3, -0.25) is 14.4 Å². The first-order valence-corrected chi connectivity index (χ1v) is 9.69. The topological polar surface area (TPSA) is 137 Å². The third-order valence-corrected chi connectivity index (χ3v) is 5.08. The lowest BCUT2D eigenvalue weighted by atomic mass is 9.97. The van der Waals surface area contributed by atoms with E-state index < -0.39 is 53.5 Å². The molecule has 10 nitrogen and oxygen atoms in total. The van der Waals surface area contributed by atoms with Gasteiger partial charge >= 0.3 is 17.9 Å². The molecule has 30 heavy (non-hydrogen) atoms. The molecule has 1 fully saturated rings. The molecule has 0 saturated carbocycles. The molecular formula is C18H20FN3O7S. The summed E-state index contributed by atoms with van der Waals surface area (Å²) in [5.74, 6) is -2.40. The van der Waals surface area contributed by atoms with Gasteiger partial charge in [-0.25, -0.2) is 4.39 Å². The molecular weight excluding hydrogens is 421 g/mol. The SMILES string of the molecule is CC(=O)OCC1O[C@H](Sc2ccc(F)cc2)C(OC(C)=O)[C@@H](N=[N+]=[N-])[C@H]1OC(C)=O. The number of rotatable bonds is 7. The standard InChI is InChI=1S/C18H20FN3O7S/c1-9(23)26-8-14-16(27-10(2)24)15(21-22-20)17(28-11(3)25)18(29-14)30-13-6-4-12(19)5-7-13/h4-7,14-18H,8H2,1-3H3/t14?,15-,16-,17?,18+/m0/s1. The fourth-order valence-corrected chi connectivity index (χ4v) is 3.93. The van der Waals surface area contributed by atoms with E-state index in [9.17, 15) is 18.8 Å². The van der Waals surface area contributed by atoms with Crippen molar-refractivity contribution in [2.24, 2.45) is 5.11 Å². The smallest absolute Gasteiger partial charge is 0.303 e. The van der Waals surface area contributed by atoms with Gasteiger partial charge in [0.25, 0.3) is 0 Å². The Morgan fingerprint density at radius 3 is 2.23 bits per heavy atom. The number of azide groups is 1. The molecule has 2 unspecified atom stereocenters. The number of benzene rings is 1. The highest BCUT2D eigenvalue weighted by Crippen LogP contribution is 2.37. The Bertz CT molecular complexity index is 832. The number of nitrogens with zero attached hydrogens (tertiary/aromatic N) is 3. The van der Waals surface area contributed by atoms with E-state index in [2.05, 4.69) is 10.0 Å². The molecule has 0 bridgehead atoms. The van der Waals surface area contributed by atoms with E-state index in [0.717, 1.165) is 18.7 Å². The molecule has 0 N–H and O–H groups in total. The largest absolute Gasteiger partial charge is 0.463 e. The van der Waals surface area contributed by atoms with Crippen molar-refractivity contribution < 1.29 is 37.7 Å². The Labute approximate surface area is 175 Å². The quantitative estimate of drug-likeness (QED) is 0.207. The second-order valence-corrected chi connectivity index (χ2v) is 7.43. The van der Waals surface area contributed by atoms with Crippen LogP contribution in [0.4, 0.5) is 4.39 Å². The van der Waals surface area contributed by atoms with Crippen LogP contribution in [0.1, 0.15) is 20.8 Å². The summed E-state index contributed by atoms with van der Waals surface area (Å²) < 4.78 is 34.7. The van der Waals surface area contributed by atoms with Crippen molar-refractivity contribution in [2.75, 3.05) is 6.61 Å². The summed E-state index contributed by atoms with van der Waals surface area (Å²) in [5.41, 5.74) is 8.11. The van der Waals surface area contributed by atoms with Crippen molar-refractivity contribution in [3.63, 3.8) is 0 Å². The maximum absolute atomic E-state index is 13.2. The Morgan fingerprint density at radius 2 is 1.70 bits per heavy atom. The van der Waals surface area contributed by atoms with Gasteiger partial charge in [-0.15, -0.1) is 0 Å². The van der Waals surface area contributed by atoms with Gasteiger partial charge in [-0.1, -0.05) is 16.9 Å². The van der Waals surface area contributed by atoms with E-state index in [1.807, 2.05) is 0 Å². The molecule has 5 atom stereocenters. The highest BCUT2D eigenvalue weighted by molar-refractivity contribution is 7.99. The number of halogens is 1. The second kappa shape index (κ2) is 10.8. The Balaban J connectivity index is 2.41. The number of carbonyl (C=O) groups is 3. The number of ether oxygens (including phenoxy) is 4. The van der Waals surface area contributed by atoms with Crippen molar-refractivity contribution in [3.8, 4) is 0 Å². The summed E-state index contributed by atoms with van der Waals surface area (Å²) in [7, 11) is 0. The molecule has 1 aliphatic rings. The van der Waals surface area contributed by atoms with Crippen LogP contribution in [0.15, 0.2) is 34.3 Å². The van der Waals surface area contributed by atoms with Gasteiger partial charge in [-0.2, -0.15) is 0 Å². The van der Waals surface area contributed by atoms with Crippen LogP contribution >= 0.6 is 11.8 Å². The first-order valence-electron chi connectivity index (χ1n) is 8.81. The van der Waals surface area contributed by atoms with Crippen molar-refractivity contribution >= 4 is 29.7 Å². The zero-order chi connectivity index (χ0) is 22.3. The van der Waals surface area contributed by atoms with E-state index in [1.54, 1.807) is 0 Å². The van der Waals surface area contributed by atoms with Gasteiger partial charge in [0.1, 0.15) is 42.2 Å². The third kappa shape index (κ3) is 6.61. The molecule has 1 saturated heterocycles. The predicted molar refractivity (Wildman–Crippen MR) is 102 cm³/mol. The van der Waals surface area contributed by atoms with Crippen LogP contribution in [0.2, 0.25) is 0 Å². The van der Waals surface area contributed by atoms with Gasteiger partial charge in [0.15, 0.2) is 0 Å². The normalized spacial score (nSPS) is 25.5. The zero-order valence-electron chi connectivity index (χ0n) is 16.4. The Kier molecular flexibility index (Phi) is 8.46. The number of hydrogen-bond donors (Lipinski definition) is 0. The van der Waals surface area contributed by atoms with Gasteiger partial charge in [0, 0.05) is 30.6 Å². The molecule has 0 aliphatic carbocycles. The molecule has 1 aromatic rings. The lowest BCUT2D eigenvalue weighted by molar-refractivity contribution is -0.201. The van der Waals surface area contributed by atoms with E-state index in [-0.39, 0.29) is 6.61 Å². The van der Waals surface area contributed by atoms with Crippen molar-refractivity contribution in [2.45, 2.75) is 55.5 Å². The van der Waals surface area contributed by atoms with Gasteiger partial charge in [0.2, 0.25) is 0 Å². The average molecular weight is 441 g/mol. The van der Waals surface area contributed by atoms with Crippen molar-refractivity contribution in [3.05, 3.63) is 40.5 Å². The fraction of sp³-hybridized carbons (Fsp3) is 0.500. The molecule has 12 heteroatoms. The van der Waals surface area contributed by atoms with E-state index in [1.165, 1.54) is 38.1 Å². The fourth-order valence-electron chi connectivity index (χ4n) is 2.82. The lowest BCUT2D eigenvalue weighted by Crippen LogP contribution is -2.59. The predicted octanol–water partition coefficient (Wildman–Crippen LogP) is 2.75. The van der Waals surface area contributed by atoms with Crippen LogP contribution in [0.3, 0.4) is 0 Å².